The van der Waals surface area contributed by atoms with Crippen LogP contribution in [0.1, 0.15) is 5.56 Å². The Morgan fingerprint density at radius 3 is 2.38 bits per heavy atom. The van der Waals surface area contributed by atoms with Crippen LogP contribution in [0.25, 0.3) is 11.3 Å². The summed E-state index contributed by atoms with van der Waals surface area (Å²) in [6.07, 6.45) is 0.873. The lowest BCUT2D eigenvalue weighted by Gasteiger charge is -2.09. The van der Waals surface area contributed by atoms with Gasteiger partial charge in [-0.1, -0.05) is 6.07 Å². The number of nitrogens with one attached hydrogen (secondary N) is 1. The molecule has 0 aliphatic heterocycles. The Hall–Kier alpha value is -2.73. The summed E-state index contributed by atoms with van der Waals surface area (Å²) in [5.41, 5.74) is 3.23. The molecule has 0 bridgehead atoms. The SMILES string of the molecule is COc1ccc(-c2csc(NCCc3ccc(OC)c(OC)c3)n2)cc1. The molecule has 1 heterocycles. The van der Waals surface area contributed by atoms with Gasteiger partial charge in [-0.25, -0.2) is 4.98 Å². The fraction of sp³-hybridized carbons (Fsp3) is 0.250. The largest absolute Gasteiger partial charge is 0.497 e. The van der Waals surface area contributed by atoms with E-state index in [4.69, 9.17) is 14.2 Å². The van der Waals surface area contributed by atoms with Crippen molar-refractivity contribution in [3.63, 3.8) is 0 Å². The fourth-order valence-corrected chi connectivity index (χ4v) is 3.35. The molecule has 0 aliphatic carbocycles. The molecule has 3 aromatic rings. The molecular formula is C20H22N2O3S. The minimum absolute atomic E-state index is 0.744. The number of hydrogen-bond acceptors (Lipinski definition) is 6. The third-order valence-corrected chi connectivity index (χ3v) is 4.83. The molecule has 0 atom stereocenters. The lowest BCUT2D eigenvalue weighted by Crippen LogP contribution is -2.05. The van der Waals surface area contributed by atoms with Gasteiger partial charge in [-0.3, -0.25) is 0 Å². The van der Waals surface area contributed by atoms with Crippen molar-refractivity contribution in [2.75, 3.05) is 33.2 Å². The van der Waals surface area contributed by atoms with Crippen LogP contribution in [0.15, 0.2) is 47.8 Å². The van der Waals surface area contributed by atoms with Gasteiger partial charge in [0.1, 0.15) is 5.75 Å². The normalized spacial score (nSPS) is 10.4. The summed E-state index contributed by atoms with van der Waals surface area (Å²) in [6, 6.07) is 13.9. The maximum Gasteiger partial charge on any atom is 0.183 e. The molecule has 0 saturated heterocycles. The molecule has 0 fully saturated rings. The summed E-state index contributed by atoms with van der Waals surface area (Å²) in [6.45, 7) is 0.797. The summed E-state index contributed by atoms with van der Waals surface area (Å²) >= 11 is 1.61. The van der Waals surface area contributed by atoms with Gasteiger partial charge < -0.3 is 19.5 Å². The van der Waals surface area contributed by atoms with E-state index in [1.807, 2.05) is 42.5 Å². The molecule has 5 nitrogen and oxygen atoms in total. The molecule has 3 rings (SSSR count). The third kappa shape index (κ3) is 4.26. The Balaban J connectivity index is 1.58. The van der Waals surface area contributed by atoms with Crippen molar-refractivity contribution in [3.8, 4) is 28.5 Å². The topological polar surface area (TPSA) is 52.6 Å². The number of rotatable bonds is 8. The second-order valence-electron chi connectivity index (χ2n) is 5.63. The average Bonchev–Trinajstić information content (AvgIpc) is 3.16. The van der Waals surface area contributed by atoms with E-state index in [0.717, 1.165) is 46.6 Å². The van der Waals surface area contributed by atoms with E-state index in [1.54, 1.807) is 32.7 Å². The van der Waals surface area contributed by atoms with Crippen LogP contribution in [0.3, 0.4) is 0 Å². The fourth-order valence-electron chi connectivity index (χ4n) is 2.60. The first-order valence-electron chi connectivity index (χ1n) is 8.28. The van der Waals surface area contributed by atoms with Gasteiger partial charge in [-0.15, -0.1) is 11.3 Å². The summed E-state index contributed by atoms with van der Waals surface area (Å²) < 4.78 is 15.8. The summed E-state index contributed by atoms with van der Waals surface area (Å²) in [4.78, 5) is 4.65. The molecule has 26 heavy (non-hydrogen) atoms. The molecule has 136 valence electrons. The lowest BCUT2D eigenvalue weighted by atomic mass is 10.1. The molecule has 1 aromatic heterocycles. The highest BCUT2D eigenvalue weighted by atomic mass is 32.1. The molecule has 0 saturated carbocycles. The first kappa shape index (κ1) is 18.1. The minimum atomic E-state index is 0.744. The Morgan fingerprint density at radius 2 is 1.69 bits per heavy atom. The van der Waals surface area contributed by atoms with Crippen LogP contribution >= 0.6 is 11.3 Å². The number of hydrogen-bond donors (Lipinski definition) is 1. The molecular weight excluding hydrogens is 348 g/mol. The lowest BCUT2D eigenvalue weighted by molar-refractivity contribution is 0.354. The molecule has 6 heteroatoms. The molecule has 0 amide bonds. The molecule has 0 aliphatic rings. The van der Waals surface area contributed by atoms with Gasteiger partial charge in [0, 0.05) is 17.5 Å². The molecule has 1 N–H and O–H groups in total. The highest BCUT2D eigenvalue weighted by Crippen LogP contribution is 2.28. The Morgan fingerprint density at radius 1 is 0.923 bits per heavy atom. The van der Waals surface area contributed by atoms with E-state index in [0.29, 0.717) is 0 Å². The number of thiazole rings is 1. The van der Waals surface area contributed by atoms with Crippen LogP contribution < -0.4 is 19.5 Å². The molecule has 0 spiro atoms. The van der Waals surface area contributed by atoms with Crippen LogP contribution in [0.4, 0.5) is 5.13 Å². The smallest absolute Gasteiger partial charge is 0.183 e. The second kappa shape index (κ2) is 8.58. The van der Waals surface area contributed by atoms with E-state index in [9.17, 15) is 0 Å². The van der Waals surface area contributed by atoms with Crippen LogP contribution in [0, 0.1) is 0 Å². The van der Waals surface area contributed by atoms with Crippen LogP contribution in [0.5, 0.6) is 17.2 Å². The van der Waals surface area contributed by atoms with Crippen molar-refractivity contribution in [2.45, 2.75) is 6.42 Å². The second-order valence-corrected chi connectivity index (χ2v) is 6.49. The summed E-state index contributed by atoms with van der Waals surface area (Å²) in [5.74, 6) is 2.34. The molecule has 0 unspecified atom stereocenters. The van der Waals surface area contributed by atoms with Crippen molar-refractivity contribution < 1.29 is 14.2 Å². The van der Waals surface area contributed by atoms with E-state index in [-0.39, 0.29) is 0 Å². The number of aromatic nitrogens is 1. The van der Waals surface area contributed by atoms with Crippen molar-refractivity contribution in [1.82, 2.24) is 4.98 Å². The number of benzene rings is 2. The first-order chi connectivity index (χ1) is 12.7. The Labute approximate surface area is 157 Å². The van der Waals surface area contributed by atoms with Crippen molar-refractivity contribution in [3.05, 3.63) is 53.4 Å². The van der Waals surface area contributed by atoms with Gasteiger partial charge in [-0.2, -0.15) is 0 Å². The maximum atomic E-state index is 5.35. The van der Waals surface area contributed by atoms with E-state index in [1.165, 1.54) is 5.56 Å². The quantitative estimate of drug-likeness (QED) is 0.633. The van der Waals surface area contributed by atoms with Gasteiger partial charge in [0.2, 0.25) is 0 Å². The maximum absolute atomic E-state index is 5.35. The summed E-state index contributed by atoms with van der Waals surface area (Å²) in [7, 11) is 4.95. The van der Waals surface area contributed by atoms with Gasteiger partial charge >= 0.3 is 0 Å². The number of ether oxygens (including phenoxy) is 3. The highest BCUT2D eigenvalue weighted by molar-refractivity contribution is 7.14. The zero-order valence-corrected chi connectivity index (χ0v) is 15.9. The van der Waals surface area contributed by atoms with Gasteiger partial charge in [0.15, 0.2) is 16.6 Å². The highest BCUT2D eigenvalue weighted by Gasteiger charge is 2.06. The number of nitrogens with zero attached hydrogens (tertiary/aromatic N) is 1. The molecule has 2 aromatic carbocycles. The van der Waals surface area contributed by atoms with Gasteiger partial charge in [0.25, 0.3) is 0 Å². The molecule has 0 radical (unpaired) electrons. The van der Waals surface area contributed by atoms with E-state index < -0.39 is 0 Å². The number of anilines is 1. The van der Waals surface area contributed by atoms with E-state index >= 15 is 0 Å². The predicted octanol–water partition coefficient (Wildman–Crippen LogP) is 4.49. The van der Waals surface area contributed by atoms with Gasteiger partial charge in [-0.05, 0) is 48.4 Å². The Kier molecular flexibility index (Phi) is 5.96. The third-order valence-electron chi connectivity index (χ3n) is 4.03. The van der Waals surface area contributed by atoms with Crippen LogP contribution in [0.2, 0.25) is 0 Å². The van der Waals surface area contributed by atoms with Crippen LogP contribution in [-0.4, -0.2) is 32.9 Å². The number of methoxy groups -OCH3 is 3. The first-order valence-corrected chi connectivity index (χ1v) is 9.16. The van der Waals surface area contributed by atoms with E-state index in [2.05, 4.69) is 15.7 Å². The zero-order valence-electron chi connectivity index (χ0n) is 15.1. The van der Waals surface area contributed by atoms with Crippen LogP contribution in [-0.2, 0) is 6.42 Å². The summed E-state index contributed by atoms with van der Waals surface area (Å²) in [5, 5.41) is 6.35. The standard InChI is InChI=1S/C20H22N2O3S/c1-23-16-7-5-15(6-8-16)17-13-26-20(22-17)21-11-10-14-4-9-18(24-2)19(12-14)25-3/h4-9,12-13H,10-11H2,1-3H3,(H,21,22). The van der Waals surface area contributed by atoms with Gasteiger partial charge in [0.05, 0.1) is 27.0 Å². The van der Waals surface area contributed by atoms with Crippen molar-refractivity contribution >= 4 is 16.5 Å². The monoisotopic (exact) mass is 370 g/mol. The zero-order chi connectivity index (χ0) is 18.4. The predicted molar refractivity (Wildman–Crippen MR) is 106 cm³/mol. The Bertz CT molecular complexity index is 847. The van der Waals surface area contributed by atoms with Crippen molar-refractivity contribution in [2.24, 2.45) is 0 Å². The minimum Gasteiger partial charge on any atom is -0.497 e. The average molecular weight is 370 g/mol. The van der Waals surface area contributed by atoms with Crippen molar-refractivity contribution in [1.29, 1.82) is 0 Å².